The van der Waals surface area contributed by atoms with Gasteiger partial charge in [0.15, 0.2) is 5.52 Å². The summed E-state index contributed by atoms with van der Waals surface area (Å²) in [7, 11) is 2.00. The molecule has 0 spiro atoms. The topological polar surface area (TPSA) is 53.7 Å². The number of benzene rings is 3. The predicted octanol–water partition coefficient (Wildman–Crippen LogP) is 4.81. The van der Waals surface area contributed by atoms with E-state index in [9.17, 15) is 5.26 Å². The van der Waals surface area contributed by atoms with Crippen LogP contribution in [0.15, 0.2) is 65.3 Å². The third-order valence-corrected chi connectivity index (χ3v) is 5.10. The van der Waals surface area contributed by atoms with Crippen molar-refractivity contribution >= 4 is 32.8 Å². The minimum absolute atomic E-state index is 0.597. The lowest BCUT2D eigenvalue weighted by Crippen LogP contribution is -2.31. The van der Waals surface area contributed by atoms with Crippen LogP contribution in [0.1, 0.15) is 11.1 Å². The minimum atomic E-state index is 0.597. The van der Waals surface area contributed by atoms with Crippen LogP contribution in [-0.2, 0) is 7.05 Å². The van der Waals surface area contributed by atoms with Crippen molar-refractivity contribution in [2.45, 2.75) is 6.92 Å². The van der Waals surface area contributed by atoms with Crippen molar-refractivity contribution in [2.75, 3.05) is 0 Å². The van der Waals surface area contributed by atoms with Gasteiger partial charge >= 0.3 is 0 Å². The first-order valence-electron chi connectivity index (χ1n) is 8.77. The smallest absolute Gasteiger partial charge is 0.287 e. The van der Waals surface area contributed by atoms with Crippen molar-refractivity contribution in [2.24, 2.45) is 7.05 Å². The van der Waals surface area contributed by atoms with Crippen molar-refractivity contribution in [3.05, 3.63) is 72.1 Å². The summed E-state index contributed by atoms with van der Waals surface area (Å²) in [5, 5.41) is 12.4. The maximum atomic E-state index is 9.20. The van der Waals surface area contributed by atoms with E-state index in [0.717, 1.165) is 49.7 Å². The molecule has 3 aromatic carbocycles. The molecule has 0 saturated carbocycles. The molecule has 0 radical (unpaired) electrons. The second-order valence-electron chi connectivity index (χ2n) is 6.78. The Bertz CT molecular complexity index is 1410. The average Bonchev–Trinajstić information content (AvgIpc) is 3.06. The normalized spacial score (nSPS) is 11.3. The third-order valence-electron chi connectivity index (χ3n) is 5.10. The van der Waals surface area contributed by atoms with E-state index < -0.39 is 0 Å². The third kappa shape index (κ3) is 2.22. The number of para-hydroxylation sites is 1. The summed E-state index contributed by atoms with van der Waals surface area (Å²) in [6, 6.07) is 20.1. The second kappa shape index (κ2) is 5.65. The number of fused-ring (bicyclic) bond motifs is 4. The van der Waals surface area contributed by atoms with E-state index in [4.69, 9.17) is 4.42 Å². The molecule has 0 saturated heterocycles. The Hall–Kier alpha value is -3.71. The standard InChI is InChI=1S/C23H16N3O/c1-14-7-9-17-16-10-8-15(12-24)11-20(16)27-23(17)21(14)22-18-5-3-4-6-19(18)25-13-26(22)2/h3-11,13H,1-2H3/q+1. The van der Waals surface area contributed by atoms with E-state index in [0.29, 0.717) is 5.56 Å². The maximum absolute atomic E-state index is 9.20. The van der Waals surface area contributed by atoms with E-state index >= 15 is 0 Å². The maximum Gasteiger partial charge on any atom is 0.287 e. The molecule has 0 bridgehead atoms. The van der Waals surface area contributed by atoms with E-state index in [2.05, 4.69) is 36.2 Å². The monoisotopic (exact) mass is 350 g/mol. The van der Waals surface area contributed by atoms with Gasteiger partial charge in [0.2, 0.25) is 0 Å². The van der Waals surface area contributed by atoms with Crippen LogP contribution < -0.4 is 4.57 Å². The molecule has 2 aromatic heterocycles. The molecule has 5 rings (SSSR count). The number of nitrogens with zero attached hydrogens (tertiary/aromatic N) is 3. The van der Waals surface area contributed by atoms with Crippen molar-refractivity contribution in [1.29, 1.82) is 5.26 Å². The summed E-state index contributed by atoms with van der Waals surface area (Å²) in [5.74, 6) is 0. The molecule has 4 nitrogen and oxygen atoms in total. The van der Waals surface area contributed by atoms with Gasteiger partial charge in [-0.1, -0.05) is 24.3 Å². The largest absolute Gasteiger partial charge is 0.455 e. The minimum Gasteiger partial charge on any atom is -0.455 e. The Morgan fingerprint density at radius 3 is 2.67 bits per heavy atom. The zero-order valence-electron chi connectivity index (χ0n) is 15.0. The van der Waals surface area contributed by atoms with E-state index in [1.165, 1.54) is 0 Å². The predicted molar refractivity (Wildman–Crippen MR) is 105 cm³/mol. The van der Waals surface area contributed by atoms with Gasteiger partial charge in [0.1, 0.15) is 16.9 Å². The second-order valence-corrected chi connectivity index (χ2v) is 6.78. The summed E-state index contributed by atoms with van der Waals surface area (Å²) in [6.45, 7) is 2.10. The Morgan fingerprint density at radius 1 is 1.00 bits per heavy atom. The summed E-state index contributed by atoms with van der Waals surface area (Å²) in [5.41, 5.74) is 6.38. The van der Waals surface area contributed by atoms with E-state index in [1.54, 1.807) is 6.07 Å². The molecular formula is C23H16N3O+. The first kappa shape index (κ1) is 15.5. The molecule has 0 unspecified atom stereocenters. The van der Waals surface area contributed by atoms with Crippen LogP contribution >= 0.6 is 0 Å². The number of rotatable bonds is 1. The van der Waals surface area contributed by atoms with E-state index in [1.807, 2.05) is 48.3 Å². The van der Waals surface area contributed by atoms with Crippen molar-refractivity contribution in [3.8, 4) is 17.3 Å². The molecular weight excluding hydrogens is 334 g/mol. The Morgan fingerprint density at radius 2 is 1.81 bits per heavy atom. The molecule has 0 atom stereocenters. The summed E-state index contributed by atoms with van der Waals surface area (Å²) in [6.07, 6.45) is 1.84. The van der Waals surface area contributed by atoms with Gasteiger partial charge in [0, 0.05) is 10.8 Å². The summed E-state index contributed by atoms with van der Waals surface area (Å²) < 4.78 is 8.32. The lowest BCUT2D eigenvalue weighted by atomic mass is 9.98. The highest BCUT2D eigenvalue weighted by molar-refractivity contribution is 6.11. The Balaban J connectivity index is 1.96. The van der Waals surface area contributed by atoms with Crippen LogP contribution in [0.2, 0.25) is 0 Å². The van der Waals surface area contributed by atoms with Crippen LogP contribution in [0.4, 0.5) is 0 Å². The van der Waals surface area contributed by atoms with Crippen LogP contribution in [0.5, 0.6) is 0 Å². The van der Waals surface area contributed by atoms with E-state index in [-0.39, 0.29) is 0 Å². The fourth-order valence-corrected chi connectivity index (χ4v) is 3.80. The molecule has 4 heteroatoms. The number of furan rings is 1. The zero-order chi connectivity index (χ0) is 18.5. The average molecular weight is 350 g/mol. The molecule has 2 heterocycles. The molecule has 0 aliphatic rings. The highest BCUT2D eigenvalue weighted by atomic mass is 16.3. The van der Waals surface area contributed by atoms with Crippen molar-refractivity contribution in [3.63, 3.8) is 0 Å². The van der Waals surface area contributed by atoms with Crippen LogP contribution in [0.25, 0.3) is 44.1 Å². The lowest BCUT2D eigenvalue weighted by Gasteiger charge is -2.09. The van der Waals surface area contributed by atoms with Gasteiger partial charge in [0.25, 0.3) is 6.33 Å². The number of hydrogen-bond acceptors (Lipinski definition) is 3. The Labute approximate surface area is 155 Å². The summed E-state index contributed by atoms with van der Waals surface area (Å²) >= 11 is 0. The van der Waals surface area contributed by atoms with Crippen molar-refractivity contribution in [1.82, 2.24) is 4.98 Å². The fourth-order valence-electron chi connectivity index (χ4n) is 3.80. The van der Waals surface area contributed by atoms with Gasteiger partial charge < -0.3 is 4.42 Å². The quantitative estimate of drug-likeness (QED) is 0.408. The van der Waals surface area contributed by atoms with Crippen LogP contribution in [-0.4, -0.2) is 4.98 Å². The fraction of sp³-hybridized carbons (Fsp3) is 0.0870. The molecule has 0 aliphatic carbocycles. The highest BCUT2D eigenvalue weighted by Gasteiger charge is 2.22. The number of nitriles is 1. The number of hydrogen-bond donors (Lipinski definition) is 0. The first-order valence-corrected chi connectivity index (χ1v) is 8.77. The van der Waals surface area contributed by atoms with Gasteiger partial charge in [-0.25, -0.2) is 4.57 Å². The van der Waals surface area contributed by atoms with Gasteiger partial charge in [-0.2, -0.15) is 5.26 Å². The summed E-state index contributed by atoms with van der Waals surface area (Å²) in [4.78, 5) is 4.54. The molecule has 128 valence electrons. The number of aryl methyl sites for hydroxylation is 2. The Kier molecular flexibility index (Phi) is 3.25. The van der Waals surface area contributed by atoms with Crippen LogP contribution in [0, 0.1) is 18.3 Å². The van der Waals surface area contributed by atoms with Gasteiger partial charge in [-0.15, -0.1) is 0 Å². The van der Waals surface area contributed by atoms with Gasteiger partial charge in [0.05, 0.1) is 29.6 Å². The molecule has 5 aromatic rings. The molecule has 0 amide bonds. The molecule has 0 N–H and O–H groups in total. The molecule has 0 fully saturated rings. The van der Waals surface area contributed by atoms with Crippen LogP contribution in [0.3, 0.4) is 0 Å². The van der Waals surface area contributed by atoms with Gasteiger partial charge in [-0.3, -0.25) is 0 Å². The molecule has 27 heavy (non-hydrogen) atoms. The zero-order valence-corrected chi connectivity index (χ0v) is 15.0. The lowest BCUT2D eigenvalue weighted by molar-refractivity contribution is -0.662. The molecule has 0 aliphatic heterocycles. The first-order chi connectivity index (χ1) is 13.2. The van der Waals surface area contributed by atoms with Gasteiger partial charge in [-0.05, 0) is 47.8 Å². The SMILES string of the molecule is Cc1ccc2c(oc3cc(C#N)ccc32)c1-c1c2ccccc2nc[n+]1C. The van der Waals surface area contributed by atoms with Crippen molar-refractivity contribution < 1.29 is 8.98 Å². The highest BCUT2D eigenvalue weighted by Crippen LogP contribution is 2.38. The number of aromatic nitrogens is 2.